The molecule has 28 heavy (non-hydrogen) atoms. The summed E-state index contributed by atoms with van der Waals surface area (Å²) in [5.74, 6) is -0.331. The van der Waals surface area contributed by atoms with Crippen LogP contribution >= 0.6 is 34.5 Å². The van der Waals surface area contributed by atoms with Crippen LogP contribution in [-0.2, 0) is 11.3 Å². The zero-order chi connectivity index (χ0) is 19.7. The minimum atomic E-state index is -0.331. The highest BCUT2D eigenvalue weighted by molar-refractivity contribution is 7.15. The molecule has 2 aromatic heterocycles. The lowest BCUT2D eigenvalue weighted by molar-refractivity contribution is 0.0515. The van der Waals surface area contributed by atoms with Gasteiger partial charge in [-0.15, -0.1) is 11.3 Å². The number of carbonyl (C=O) groups is 1. The van der Waals surface area contributed by atoms with Gasteiger partial charge >= 0.3 is 5.97 Å². The van der Waals surface area contributed by atoms with Crippen LogP contribution in [0.1, 0.15) is 23.0 Å². The fourth-order valence-corrected chi connectivity index (χ4v) is 4.34. The zero-order valence-electron chi connectivity index (χ0n) is 15.1. The van der Waals surface area contributed by atoms with Crippen LogP contribution in [0.15, 0.2) is 60.0 Å². The van der Waals surface area contributed by atoms with Gasteiger partial charge < -0.3 is 9.30 Å². The summed E-state index contributed by atoms with van der Waals surface area (Å²) in [6.45, 7) is 2.69. The molecule has 0 saturated heterocycles. The van der Waals surface area contributed by atoms with Crippen molar-refractivity contribution in [1.29, 1.82) is 0 Å². The Morgan fingerprint density at radius 3 is 2.54 bits per heavy atom. The predicted octanol–water partition coefficient (Wildman–Crippen LogP) is 6.90. The molecule has 2 aromatic carbocycles. The van der Waals surface area contributed by atoms with Gasteiger partial charge in [0.05, 0.1) is 6.61 Å². The average molecular weight is 430 g/mol. The van der Waals surface area contributed by atoms with Crippen LogP contribution < -0.4 is 0 Å². The first-order valence-electron chi connectivity index (χ1n) is 8.85. The number of fused-ring (bicyclic) bond motifs is 1. The molecule has 0 amide bonds. The average Bonchev–Trinajstić information content (AvgIpc) is 3.27. The maximum atomic E-state index is 12.6. The molecule has 4 aromatic rings. The van der Waals surface area contributed by atoms with Crippen LogP contribution in [0.3, 0.4) is 0 Å². The summed E-state index contributed by atoms with van der Waals surface area (Å²) >= 11 is 13.8. The molecule has 6 heteroatoms. The Morgan fingerprint density at radius 2 is 1.86 bits per heavy atom. The van der Waals surface area contributed by atoms with Crippen LogP contribution in [-0.4, -0.2) is 17.1 Å². The molecule has 0 aliphatic heterocycles. The van der Waals surface area contributed by atoms with Gasteiger partial charge in [0.1, 0.15) is 10.0 Å². The molecule has 0 aliphatic carbocycles. The smallest absolute Gasteiger partial charge is 0.354 e. The summed E-state index contributed by atoms with van der Waals surface area (Å²) in [6.07, 6.45) is 0. The van der Waals surface area contributed by atoms with E-state index in [4.69, 9.17) is 27.9 Å². The number of ether oxygens (including phenoxy) is 1. The van der Waals surface area contributed by atoms with Gasteiger partial charge in [0.25, 0.3) is 0 Å². The van der Waals surface area contributed by atoms with E-state index in [-0.39, 0.29) is 5.97 Å². The third-order valence-corrected chi connectivity index (χ3v) is 5.99. The molecule has 142 valence electrons. The SMILES string of the molecule is CCOC(=O)c1cc2cc(-c3ccsc3Cl)ccc2n1Cc1ccc(Cl)cc1. The van der Waals surface area contributed by atoms with Crippen LogP contribution in [0, 0.1) is 0 Å². The monoisotopic (exact) mass is 429 g/mol. The highest BCUT2D eigenvalue weighted by atomic mass is 35.5. The molecule has 0 spiro atoms. The Morgan fingerprint density at radius 1 is 1.07 bits per heavy atom. The lowest BCUT2D eigenvalue weighted by atomic mass is 10.1. The van der Waals surface area contributed by atoms with Gasteiger partial charge in [-0.2, -0.15) is 0 Å². The van der Waals surface area contributed by atoms with Crippen LogP contribution in [0.25, 0.3) is 22.0 Å². The van der Waals surface area contributed by atoms with Crippen LogP contribution in [0.5, 0.6) is 0 Å². The molecule has 0 radical (unpaired) electrons. The van der Waals surface area contributed by atoms with Crippen molar-refractivity contribution in [2.75, 3.05) is 6.61 Å². The summed E-state index contributed by atoms with van der Waals surface area (Å²) in [6, 6.07) is 17.6. The third-order valence-electron chi connectivity index (χ3n) is 4.57. The largest absolute Gasteiger partial charge is 0.461 e. The number of halogens is 2. The fourth-order valence-electron chi connectivity index (χ4n) is 3.26. The second-order valence-corrected chi connectivity index (χ2v) is 8.30. The number of thiophene rings is 1. The normalized spacial score (nSPS) is 11.1. The van der Waals surface area contributed by atoms with Crippen molar-refractivity contribution in [1.82, 2.24) is 4.57 Å². The number of nitrogens with zero attached hydrogens (tertiary/aromatic N) is 1. The predicted molar refractivity (Wildman–Crippen MR) is 117 cm³/mol. The Hall–Kier alpha value is -2.27. The van der Waals surface area contributed by atoms with E-state index in [1.807, 2.05) is 58.5 Å². The maximum Gasteiger partial charge on any atom is 0.354 e. The summed E-state index contributed by atoms with van der Waals surface area (Å²) in [7, 11) is 0. The highest BCUT2D eigenvalue weighted by Crippen LogP contribution is 2.35. The summed E-state index contributed by atoms with van der Waals surface area (Å²) in [5.41, 5.74) is 4.57. The molecule has 2 heterocycles. The minimum absolute atomic E-state index is 0.330. The molecule has 0 fully saturated rings. The molecule has 4 rings (SSSR count). The van der Waals surface area contributed by atoms with Crippen molar-refractivity contribution in [3.8, 4) is 11.1 Å². The molecular weight excluding hydrogens is 413 g/mol. The standard InChI is InChI=1S/C22H17Cl2NO2S/c1-2-27-22(26)20-12-16-11-15(18-9-10-28-21(18)24)5-8-19(16)25(20)13-14-3-6-17(23)7-4-14/h3-12H,2,13H2,1H3. The summed E-state index contributed by atoms with van der Waals surface area (Å²) in [5, 5.41) is 3.62. The fraction of sp³-hybridized carbons (Fsp3) is 0.136. The first kappa shape index (κ1) is 19.1. The number of aromatic nitrogens is 1. The Kier molecular flexibility index (Phi) is 5.44. The quantitative estimate of drug-likeness (QED) is 0.323. The molecule has 0 atom stereocenters. The van der Waals surface area contributed by atoms with E-state index in [0.29, 0.717) is 23.9 Å². The first-order valence-corrected chi connectivity index (χ1v) is 10.5. The highest BCUT2D eigenvalue weighted by Gasteiger charge is 2.18. The Balaban J connectivity index is 1.82. The Bertz CT molecular complexity index is 1150. The topological polar surface area (TPSA) is 31.2 Å². The molecule has 0 aliphatic rings. The van der Waals surface area contributed by atoms with Gasteiger partial charge in [-0.05, 0) is 59.8 Å². The molecule has 3 nitrogen and oxygen atoms in total. The van der Waals surface area contributed by atoms with Gasteiger partial charge in [-0.3, -0.25) is 0 Å². The van der Waals surface area contributed by atoms with Gasteiger partial charge in [0, 0.05) is 28.0 Å². The number of esters is 1. The number of rotatable bonds is 5. The van der Waals surface area contributed by atoms with E-state index in [1.165, 1.54) is 11.3 Å². The van der Waals surface area contributed by atoms with Crippen LogP contribution in [0.2, 0.25) is 9.36 Å². The van der Waals surface area contributed by atoms with Gasteiger partial charge in [-0.25, -0.2) is 4.79 Å². The van der Waals surface area contributed by atoms with Crippen molar-refractivity contribution in [2.45, 2.75) is 13.5 Å². The number of hydrogen-bond donors (Lipinski definition) is 0. The van der Waals surface area contributed by atoms with Gasteiger partial charge in [0.2, 0.25) is 0 Å². The Labute approximate surface area is 177 Å². The van der Waals surface area contributed by atoms with E-state index in [0.717, 1.165) is 31.9 Å². The number of hydrogen-bond acceptors (Lipinski definition) is 3. The zero-order valence-corrected chi connectivity index (χ0v) is 17.4. The van der Waals surface area contributed by atoms with Crippen molar-refractivity contribution in [3.63, 3.8) is 0 Å². The summed E-state index contributed by atoms with van der Waals surface area (Å²) in [4.78, 5) is 12.6. The van der Waals surface area contributed by atoms with Crippen molar-refractivity contribution in [3.05, 3.63) is 80.6 Å². The third kappa shape index (κ3) is 3.68. The molecule has 0 N–H and O–H groups in total. The van der Waals surface area contributed by atoms with Crippen molar-refractivity contribution >= 4 is 51.4 Å². The van der Waals surface area contributed by atoms with E-state index in [2.05, 4.69) is 6.07 Å². The van der Waals surface area contributed by atoms with Gasteiger partial charge in [-0.1, -0.05) is 41.4 Å². The minimum Gasteiger partial charge on any atom is -0.461 e. The molecular formula is C22H17Cl2NO2S. The molecule has 0 bridgehead atoms. The van der Waals surface area contributed by atoms with Crippen molar-refractivity contribution in [2.24, 2.45) is 0 Å². The van der Waals surface area contributed by atoms with Crippen LogP contribution in [0.4, 0.5) is 0 Å². The van der Waals surface area contributed by atoms with E-state index < -0.39 is 0 Å². The second kappa shape index (κ2) is 8.00. The lowest BCUT2D eigenvalue weighted by Gasteiger charge is -2.11. The number of carbonyl (C=O) groups excluding carboxylic acids is 1. The van der Waals surface area contributed by atoms with Gasteiger partial charge in [0.15, 0.2) is 0 Å². The molecule has 0 unspecified atom stereocenters. The summed E-state index contributed by atoms with van der Waals surface area (Å²) < 4.78 is 8.01. The maximum absolute atomic E-state index is 12.6. The number of benzene rings is 2. The second-order valence-electron chi connectivity index (χ2n) is 6.34. The van der Waals surface area contributed by atoms with Crippen molar-refractivity contribution < 1.29 is 9.53 Å². The molecule has 0 saturated carbocycles. The van der Waals surface area contributed by atoms with E-state index >= 15 is 0 Å². The van der Waals surface area contributed by atoms with E-state index in [1.54, 1.807) is 6.92 Å². The first-order chi connectivity index (χ1) is 13.6. The lowest BCUT2D eigenvalue weighted by Crippen LogP contribution is -2.12. The van der Waals surface area contributed by atoms with E-state index in [9.17, 15) is 4.79 Å².